The standard InChI is InChI=1S/C17H15FO/c1-3-17(19,4-2)14-11-9-13(10-12-14)15-7-5-6-8-16(15)18/h1,5-12,19H,4H2,2H3. The van der Waals surface area contributed by atoms with Gasteiger partial charge in [-0.3, -0.25) is 0 Å². The molecule has 2 aromatic carbocycles. The second-order valence-corrected chi connectivity index (χ2v) is 4.42. The summed E-state index contributed by atoms with van der Waals surface area (Å²) in [4.78, 5) is 0. The minimum absolute atomic E-state index is 0.266. The Morgan fingerprint density at radius 3 is 2.32 bits per heavy atom. The first-order valence-electron chi connectivity index (χ1n) is 6.16. The van der Waals surface area contributed by atoms with Gasteiger partial charge in [-0.05, 0) is 23.6 Å². The van der Waals surface area contributed by atoms with Gasteiger partial charge in [0.25, 0.3) is 0 Å². The zero-order chi connectivity index (χ0) is 13.9. The van der Waals surface area contributed by atoms with E-state index in [1.165, 1.54) is 6.07 Å². The van der Waals surface area contributed by atoms with Crippen LogP contribution in [0.3, 0.4) is 0 Å². The minimum atomic E-state index is -1.26. The van der Waals surface area contributed by atoms with Gasteiger partial charge in [-0.1, -0.05) is 55.3 Å². The van der Waals surface area contributed by atoms with Gasteiger partial charge in [0.1, 0.15) is 11.4 Å². The lowest BCUT2D eigenvalue weighted by molar-refractivity contribution is 0.0962. The Hall–Kier alpha value is -2.11. The molecule has 0 fully saturated rings. The van der Waals surface area contributed by atoms with Crippen LogP contribution in [0.4, 0.5) is 4.39 Å². The van der Waals surface area contributed by atoms with E-state index in [9.17, 15) is 9.50 Å². The van der Waals surface area contributed by atoms with Gasteiger partial charge < -0.3 is 5.11 Å². The number of halogens is 1. The summed E-state index contributed by atoms with van der Waals surface area (Å²) in [5, 5.41) is 10.2. The van der Waals surface area contributed by atoms with Gasteiger partial charge in [0.2, 0.25) is 0 Å². The van der Waals surface area contributed by atoms with Gasteiger partial charge in [-0.25, -0.2) is 4.39 Å². The van der Waals surface area contributed by atoms with Crippen LogP contribution in [0, 0.1) is 18.2 Å². The fourth-order valence-corrected chi connectivity index (χ4v) is 2.01. The van der Waals surface area contributed by atoms with Crippen molar-refractivity contribution >= 4 is 0 Å². The maximum Gasteiger partial charge on any atom is 0.150 e. The normalized spacial score (nSPS) is 13.6. The highest BCUT2D eigenvalue weighted by Crippen LogP contribution is 2.28. The summed E-state index contributed by atoms with van der Waals surface area (Å²) in [5.41, 5.74) is 0.693. The predicted octanol–water partition coefficient (Wildman–Crippen LogP) is 3.72. The molecular formula is C17H15FO. The van der Waals surface area contributed by atoms with E-state index in [0.717, 1.165) is 5.56 Å². The number of hydrogen-bond acceptors (Lipinski definition) is 1. The second kappa shape index (κ2) is 5.26. The van der Waals surface area contributed by atoms with E-state index in [2.05, 4.69) is 5.92 Å². The van der Waals surface area contributed by atoms with E-state index in [4.69, 9.17) is 6.42 Å². The number of benzene rings is 2. The van der Waals surface area contributed by atoms with Crippen molar-refractivity contribution in [2.24, 2.45) is 0 Å². The summed E-state index contributed by atoms with van der Waals surface area (Å²) in [6.07, 6.45) is 5.80. The van der Waals surface area contributed by atoms with Gasteiger partial charge >= 0.3 is 0 Å². The largest absolute Gasteiger partial charge is 0.373 e. The first-order valence-corrected chi connectivity index (χ1v) is 6.16. The first kappa shape index (κ1) is 13.3. The lowest BCUT2D eigenvalue weighted by Gasteiger charge is -2.20. The smallest absolute Gasteiger partial charge is 0.150 e. The van der Waals surface area contributed by atoms with Crippen molar-refractivity contribution in [1.29, 1.82) is 0 Å². The number of rotatable bonds is 3. The van der Waals surface area contributed by atoms with Crippen molar-refractivity contribution in [3.63, 3.8) is 0 Å². The SMILES string of the molecule is C#CC(O)(CC)c1ccc(-c2ccccc2F)cc1. The van der Waals surface area contributed by atoms with Crippen molar-refractivity contribution in [1.82, 2.24) is 0 Å². The van der Waals surface area contributed by atoms with Crippen molar-refractivity contribution in [3.8, 4) is 23.5 Å². The molecule has 0 saturated heterocycles. The summed E-state index contributed by atoms with van der Waals surface area (Å²) in [5.74, 6) is 2.13. The van der Waals surface area contributed by atoms with E-state index in [-0.39, 0.29) is 5.82 Å². The molecule has 2 rings (SSSR count). The Balaban J connectivity index is 2.40. The molecule has 0 aliphatic carbocycles. The van der Waals surface area contributed by atoms with Crippen LogP contribution < -0.4 is 0 Å². The molecule has 1 nitrogen and oxygen atoms in total. The molecule has 96 valence electrons. The lowest BCUT2D eigenvalue weighted by Crippen LogP contribution is -2.21. The average molecular weight is 254 g/mol. The molecule has 0 bridgehead atoms. The highest BCUT2D eigenvalue weighted by Gasteiger charge is 2.23. The number of terminal acetylenes is 1. The van der Waals surface area contributed by atoms with Gasteiger partial charge in [0.15, 0.2) is 0 Å². The molecule has 0 spiro atoms. The molecular weight excluding hydrogens is 239 g/mol. The molecule has 19 heavy (non-hydrogen) atoms. The molecule has 2 heteroatoms. The van der Waals surface area contributed by atoms with Crippen molar-refractivity contribution < 1.29 is 9.50 Å². The zero-order valence-corrected chi connectivity index (χ0v) is 10.7. The Kier molecular flexibility index (Phi) is 3.69. The van der Waals surface area contributed by atoms with Crippen LogP contribution in [-0.2, 0) is 5.60 Å². The quantitative estimate of drug-likeness (QED) is 0.828. The molecule has 0 aromatic heterocycles. The third-order valence-electron chi connectivity index (χ3n) is 3.30. The van der Waals surface area contributed by atoms with E-state index in [0.29, 0.717) is 17.5 Å². The molecule has 0 radical (unpaired) electrons. The van der Waals surface area contributed by atoms with Crippen LogP contribution in [0.5, 0.6) is 0 Å². The molecule has 1 atom stereocenters. The van der Waals surface area contributed by atoms with Crippen LogP contribution in [0.15, 0.2) is 48.5 Å². The number of aliphatic hydroxyl groups is 1. The number of hydrogen-bond donors (Lipinski definition) is 1. The highest BCUT2D eigenvalue weighted by molar-refractivity contribution is 5.64. The molecule has 1 N–H and O–H groups in total. The van der Waals surface area contributed by atoms with Gasteiger partial charge in [-0.15, -0.1) is 6.42 Å². The summed E-state index contributed by atoms with van der Waals surface area (Å²) in [7, 11) is 0. The topological polar surface area (TPSA) is 20.2 Å². The highest BCUT2D eigenvalue weighted by atomic mass is 19.1. The average Bonchev–Trinajstić information content (AvgIpc) is 2.47. The van der Waals surface area contributed by atoms with Crippen LogP contribution in [0.2, 0.25) is 0 Å². The fourth-order valence-electron chi connectivity index (χ4n) is 2.01. The van der Waals surface area contributed by atoms with Crippen LogP contribution in [-0.4, -0.2) is 5.11 Å². The van der Waals surface area contributed by atoms with E-state index in [1.54, 1.807) is 42.5 Å². The summed E-state index contributed by atoms with van der Waals surface area (Å²) >= 11 is 0. The van der Waals surface area contributed by atoms with Crippen molar-refractivity contribution in [3.05, 3.63) is 59.9 Å². The molecule has 2 aromatic rings. The van der Waals surface area contributed by atoms with Crippen molar-refractivity contribution in [2.75, 3.05) is 0 Å². The summed E-state index contributed by atoms with van der Waals surface area (Å²) in [6, 6.07) is 13.6. The van der Waals surface area contributed by atoms with Gasteiger partial charge in [0.05, 0.1) is 0 Å². The van der Waals surface area contributed by atoms with E-state index in [1.807, 2.05) is 6.92 Å². The summed E-state index contributed by atoms with van der Waals surface area (Å²) < 4.78 is 13.7. The molecule has 0 aliphatic heterocycles. The maximum atomic E-state index is 13.7. The molecule has 0 heterocycles. The summed E-state index contributed by atoms with van der Waals surface area (Å²) in [6.45, 7) is 1.82. The van der Waals surface area contributed by atoms with Crippen LogP contribution in [0.25, 0.3) is 11.1 Å². The molecule has 0 amide bonds. The maximum absolute atomic E-state index is 13.7. The molecule has 0 saturated carbocycles. The fraction of sp³-hybridized carbons (Fsp3) is 0.176. The zero-order valence-electron chi connectivity index (χ0n) is 10.7. The molecule has 1 unspecified atom stereocenters. The Morgan fingerprint density at radius 1 is 1.16 bits per heavy atom. The predicted molar refractivity (Wildman–Crippen MR) is 74.9 cm³/mol. The third-order valence-corrected chi connectivity index (χ3v) is 3.30. The van der Waals surface area contributed by atoms with E-state index < -0.39 is 5.60 Å². The van der Waals surface area contributed by atoms with Gasteiger partial charge in [-0.2, -0.15) is 0 Å². The third kappa shape index (κ3) is 2.52. The Bertz CT molecular complexity index is 610. The van der Waals surface area contributed by atoms with Crippen LogP contribution >= 0.6 is 0 Å². The minimum Gasteiger partial charge on any atom is -0.373 e. The molecule has 0 aliphatic rings. The Morgan fingerprint density at radius 2 is 1.79 bits per heavy atom. The van der Waals surface area contributed by atoms with Crippen molar-refractivity contribution in [2.45, 2.75) is 18.9 Å². The Labute approximate surface area is 112 Å². The second-order valence-electron chi connectivity index (χ2n) is 4.42. The van der Waals surface area contributed by atoms with E-state index >= 15 is 0 Å². The monoisotopic (exact) mass is 254 g/mol. The van der Waals surface area contributed by atoms with Gasteiger partial charge in [0, 0.05) is 5.56 Å². The lowest BCUT2D eigenvalue weighted by atomic mass is 9.90. The first-order chi connectivity index (χ1) is 9.10. The van der Waals surface area contributed by atoms with Crippen LogP contribution in [0.1, 0.15) is 18.9 Å².